The minimum Gasteiger partial charge on any atom is -0.493 e. The molecule has 1 aliphatic rings. The summed E-state index contributed by atoms with van der Waals surface area (Å²) in [5.41, 5.74) is 1.76. The third-order valence-corrected chi connectivity index (χ3v) is 5.36. The van der Waals surface area contributed by atoms with Crippen LogP contribution in [-0.4, -0.2) is 48.6 Å². The summed E-state index contributed by atoms with van der Waals surface area (Å²) in [5, 5.41) is 1.62. The molecule has 2 aromatic carbocycles. The Morgan fingerprint density at radius 2 is 1.76 bits per heavy atom. The molecule has 150 valence electrons. The predicted octanol–water partition coefficient (Wildman–Crippen LogP) is 3.30. The maximum Gasteiger partial charge on any atom is 0.248 e. The number of aromatic nitrogens is 1. The Kier molecular flexibility index (Phi) is 5.71. The molecule has 0 atom stereocenters. The molecule has 7 heteroatoms. The topological polar surface area (TPSA) is 65.6 Å². The van der Waals surface area contributed by atoms with Crippen molar-refractivity contribution in [1.82, 2.24) is 9.88 Å². The van der Waals surface area contributed by atoms with E-state index in [4.69, 9.17) is 16.3 Å². The van der Waals surface area contributed by atoms with Crippen molar-refractivity contribution in [3.63, 3.8) is 0 Å². The number of nitrogens with zero attached hydrogens (tertiary/aromatic N) is 2. The largest absolute Gasteiger partial charge is 0.493 e. The first kappa shape index (κ1) is 19.3. The predicted molar refractivity (Wildman–Crippen MR) is 115 cm³/mol. The monoisotopic (exact) mass is 411 g/mol. The zero-order chi connectivity index (χ0) is 20.2. The van der Waals surface area contributed by atoms with Gasteiger partial charge in [-0.2, -0.15) is 0 Å². The maximum atomic E-state index is 12.5. The molecule has 2 heterocycles. The van der Waals surface area contributed by atoms with Crippen LogP contribution in [0, 0.1) is 0 Å². The highest BCUT2D eigenvalue weighted by molar-refractivity contribution is 6.30. The van der Waals surface area contributed by atoms with E-state index in [-0.39, 0.29) is 11.5 Å². The number of pyridine rings is 1. The molecule has 3 aromatic rings. The highest BCUT2D eigenvalue weighted by Gasteiger charge is 2.21. The summed E-state index contributed by atoms with van der Waals surface area (Å²) in [7, 11) is 0. The summed E-state index contributed by atoms with van der Waals surface area (Å²) in [6.45, 7) is 3.33. The van der Waals surface area contributed by atoms with Gasteiger partial charge in [0.25, 0.3) is 0 Å². The molecule has 4 rings (SSSR count). The fraction of sp³-hybridized carbons (Fsp3) is 0.273. The lowest BCUT2D eigenvalue weighted by atomic mass is 10.2. The number of carbonyl (C=O) groups excluding carboxylic acids is 1. The zero-order valence-electron chi connectivity index (χ0n) is 15.9. The number of piperazine rings is 1. The first-order valence-electron chi connectivity index (χ1n) is 9.63. The molecule has 0 spiro atoms. The number of rotatable bonds is 5. The number of aromatic amines is 1. The lowest BCUT2D eigenvalue weighted by Gasteiger charge is -2.36. The molecule has 1 aliphatic heterocycles. The van der Waals surface area contributed by atoms with Crippen LogP contribution in [0.15, 0.2) is 59.4 Å². The smallest absolute Gasteiger partial charge is 0.248 e. The van der Waals surface area contributed by atoms with E-state index in [1.807, 2.05) is 41.3 Å². The van der Waals surface area contributed by atoms with Gasteiger partial charge < -0.3 is 19.5 Å². The quantitative estimate of drug-likeness (QED) is 0.699. The lowest BCUT2D eigenvalue weighted by molar-refractivity contribution is -0.132. The molecule has 1 saturated heterocycles. The molecule has 0 saturated carbocycles. The van der Waals surface area contributed by atoms with Gasteiger partial charge in [-0.25, -0.2) is 0 Å². The summed E-state index contributed by atoms with van der Waals surface area (Å²) >= 11 is 5.95. The van der Waals surface area contributed by atoms with Crippen molar-refractivity contribution in [3.8, 4) is 5.75 Å². The second-order valence-electron chi connectivity index (χ2n) is 7.01. The van der Waals surface area contributed by atoms with Crippen molar-refractivity contribution in [2.45, 2.75) is 6.42 Å². The Labute approximate surface area is 173 Å². The molecular weight excluding hydrogens is 390 g/mol. The van der Waals surface area contributed by atoms with E-state index < -0.39 is 0 Å². The fourth-order valence-electron chi connectivity index (χ4n) is 3.50. The molecule has 1 amide bonds. The second kappa shape index (κ2) is 8.57. The molecule has 1 N–H and O–H groups in total. The van der Waals surface area contributed by atoms with E-state index in [9.17, 15) is 9.59 Å². The highest BCUT2D eigenvalue weighted by Crippen LogP contribution is 2.20. The van der Waals surface area contributed by atoms with Gasteiger partial charge in [0.1, 0.15) is 5.75 Å². The first-order valence-corrected chi connectivity index (χ1v) is 10.0. The minimum atomic E-state index is -0.132. The van der Waals surface area contributed by atoms with E-state index >= 15 is 0 Å². The van der Waals surface area contributed by atoms with Crippen molar-refractivity contribution < 1.29 is 9.53 Å². The summed E-state index contributed by atoms with van der Waals surface area (Å²) in [6.07, 6.45) is 0.338. The van der Waals surface area contributed by atoms with Crippen molar-refractivity contribution >= 4 is 34.1 Å². The highest BCUT2D eigenvalue weighted by atomic mass is 35.5. The number of carbonyl (C=O) groups is 1. The average molecular weight is 412 g/mol. The number of nitrogens with one attached hydrogen (secondary N) is 1. The molecular formula is C22H22ClN3O3. The number of amides is 1. The van der Waals surface area contributed by atoms with Gasteiger partial charge in [0.15, 0.2) is 0 Å². The normalized spacial score (nSPS) is 14.2. The van der Waals surface area contributed by atoms with Crippen molar-refractivity contribution in [2.24, 2.45) is 0 Å². The Morgan fingerprint density at radius 3 is 2.52 bits per heavy atom. The average Bonchev–Trinajstić information content (AvgIpc) is 2.74. The van der Waals surface area contributed by atoms with Crippen molar-refractivity contribution in [1.29, 1.82) is 0 Å². The van der Waals surface area contributed by atoms with Gasteiger partial charge in [-0.05, 0) is 48.5 Å². The van der Waals surface area contributed by atoms with Crippen LogP contribution in [0.4, 0.5) is 5.69 Å². The van der Waals surface area contributed by atoms with E-state index in [2.05, 4.69) is 9.88 Å². The Morgan fingerprint density at radius 1 is 1.00 bits per heavy atom. The number of hydrogen-bond donors (Lipinski definition) is 1. The van der Waals surface area contributed by atoms with Crippen LogP contribution in [0.3, 0.4) is 0 Å². The summed E-state index contributed by atoms with van der Waals surface area (Å²) in [6, 6.07) is 16.5. The number of halogens is 1. The van der Waals surface area contributed by atoms with Crippen molar-refractivity contribution in [3.05, 3.63) is 70.0 Å². The van der Waals surface area contributed by atoms with Crippen LogP contribution >= 0.6 is 11.6 Å². The third-order valence-electron chi connectivity index (χ3n) is 5.10. The van der Waals surface area contributed by atoms with Crippen LogP contribution in [0.2, 0.25) is 5.02 Å². The third kappa shape index (κ3) is 4.71. The van der Waals surface area contributed by atoms with E-state index in [1.54, 1.807) is 12.1 Å². The van der Waals surface area contributed by atoms with Crippen molar-refractivity contribution in [2.75, 3.05) is 37.7 Å². The van der Waals surface area contributed by atoms with E-state index in [0.29, 0.717) is 31.9 Å². The fourth-order valence-corrected chi connectivity index (χ4v) is 3.63. The van der Waals surface area contributed by atoms with Gasteiger partial charge in [0.05, 0.1) is 13.0 Å². The van der Waals surface area contributed by atoms with Gasteiger partial charge >= 0.3 is 0 Å². The van der Waals surface area contributed by atoms with E-state index in [1.165, 1.54) is 6.07 Å². The Balaban J connectivity index is 1.25. The number of hydrogen-bond acceptors (Lipinski definition) is 4. The number of fused-ring (bicyclic) bond motifs is 1. The van der Waals surface area contributed by atoms with Gasteiger partial charge in [0, 0.05) is 53.9 Å². The second-order valence-corrected chi connectivity index (χ2v) is 7.45. The molecule has 0 bridgehead atoms. The molecule has 6 nitrogen and oxygen atoms in total. The summed E-state index contributed by atoms with van der Waals surface area (Å²) < 4.78 is 5.75. The first-order chi connectivity index (χ1) is 14.1. The van der Waals surface area contributed by atoms with Crippen LogP contribution in [0.1, 0.15) is 6.42 Å². The van der Waals surface area contributed by atoms with Gasteiger partial charge in [0.2, 0.25) is 11.5 Å². The van der Waals surface area contributed by atoms with Crippen LogP contribution in [0.25, 0.3) is 10.9 Å². The Hall–Kier alpha value is -2.99. The van der Waals surface area contributed by atoms with Crippen LogP contribution < -0.4 is 15.2 Å². The molecule has 0 unspecified atom stereocenters. The standard InChI is InChI=1S/C22H22ClN3O3/c23-17-2-4-18(5-3-17)25-10-12-26(13-11-25)22(28)9-14-29-19-6-7-20-16(15-19)1-8-21(27)24-20/h1-8,15H,9-14H2,(H,24,27). The maximum absolute atomic E-state index is 12.5. The van der Waals surface area contributed by atoms with Gasteiger partial charge in [-0.1, -0.05) is 11.6 Å². The molecule has 29 heavy (non-hydrogen) atoms. The minimum absolute atomic E-state index is 0.103. The summed E-state index contributed by atoms with van der Waals surface area (Å²) in [4.78, 5) is 30.8. The van der Waals surface area contributed by atoms with Gasteiger partial charge in [-0.3, -0.25) is 9.59 Å². The summed E-state index contributed by atoms with van der Waals surface area (Å²) in [5.74, 6) is 0.788. The number of anilines is 1. The number of ether oxygens (including phenoxy) is 1. The number of benzene rings is 2. The molecule has 0 radical (unpaired) electrons. The van der Waals surface area contributed by atoms with Crippen LogP contribution in [-0.2, 0) is 4.79 Å². The van der Waals surface area contributed by atoms with E-state index in [0.717, 1.165) is 34.7 Å². The molecule has 0 aliphatic carbocycles. The zero-order valence-corrected chi connectivity index (χ0v) is 16.7. The van der Waals surface area contributed by atoms with Gasteiger partial charge in [-0.15, -0.1) is 0 Å². The SMILES string of the molecule is O=C(CCOc1ccc2[nH]c(=O)ccc2c1)N1CCN(c2ccc(Cl)cc2)CC1. The Bertz CT molecular complexity index is 1060. The number of H-pyrrole nitrogens is 1. The van der Waals surface area contributed by atoms with Crippen LogP contribution in [0.5, 0.6) is 5.75 Å². The molecule has 1 fully saturated rings. The molecule has 1 aromatic heterocycles. The lowest BCUT2D eigenvalue weighted by Crippen LogP contribution is -2.49.